The van der Waals surface area contributed by atoms with E-state index < -0.39 is 54.7 Å². The number of rotatable bonds is 5. The van der Waals surface area contributed by atoms with Crippen molar-refractivity contribution in [2.24, 2.45) is 0 Å². The molecule has 2 aromatic rings. The molecular weight excluding hydrogens is 495 g/mol. The van der Waals surface area contributed by atoms with Gasteiger partial charge >= 0.3 is 6.18 Å². The molecule has 0 radical (unpaired) electrons. The molecular formula is C24H28F3N5O3S. The van der Waals surface area contributed by atoms with Crippen molar-refractivity contribution in [1.82, 2.24) is 15.1 Å². The van der Waals surface area contributed by atoms with E-state index in [4.69, 9.17) is 0 Å². The smallest absolute Gasteiger partial charge is 0.343 e. The Hall–Kier alpha value is -3.07. The number of sulfone groups is 1. The number of amides is 1. The summed E-state index contributed by atoms with van der Waals surface area (Å²) in [5, 5.41) is 15.4. The van der Waals surface area contributed by atoms with Crippen molar-refractivity contribution in [3.63, 3.8) is 0 Å². The summed E-state index contributed by atoms with van der Waals surface area (Å²) in [6.07, 6.45) is -4.11. The van der Waals surface area contributed by atoms with Crippen LogP contribution in [-0.4, -0.2) is 47.5 Å². The van der Waals surface area contributed by atoms with Gasteiger partial charge in [0, 0.05) is 12.6 Å². The highest BCUT2D eigenvalue weighted by molar-refractivity contribution is 7.92. The molecule has 0 bridgehead atoms. The summed E-state index contributed by atoms with van der Waals surface area (Å²) >= 11 is 0. The van der Waals surface area contributed by atoms with E-state index in [1.807, 2.05) is 20.8 Å². The molecule has 8 nitrogen and oxygen atoms in total. The van der Waals surface area contributed by atoms with Crippen LogP contribution in [0.4, 0.5) is 19.0 Å². The number of anilines is 1. The molecule has 0 spiro atoms. The van der Waals surface area contributed by atoms with Gasteiger partial charge in [0.1, 0.15) is 17.4 Å². The standard InChI is InChI=1S/C24H28F3N5O3S/c1-15-11-20(32(30-15)22(2,3)4)31-13-16(12-18(31)21(33)29-23(14-28)9-10-23)36(34,35)19-8-6-5-7-17(19)24(25,26)27/h5-8,11,16,18H,9-10,12-13H2,1-4H3,(H,29,33)/t16-,18+/m1/s1. The van der Waals surface area contributed by atoms with E-state index in [-0.39, 0.29) is 13.0 Å². The summed E-state index contributed by atoms with van der Waals surface area (Å²) in [5.41, 5.74) is -2.10. The molecule has 2 atom stereocenters. The topological polar surface area (TPSA) is 108 Å². The number of carbonyl (C=O) groups excluding carboxylic acids is 1. The quantitative estimate of drug-likeness (QED) is 0.642. The van der Waals surface area contributed by atoms with Gasteiger partial charge in [-0.15, -0.1) is 0 Å². The third-order valence-corrected chi connectivity index (χ3v) is 8.76. The van der Waals surface area contributed by atoms with Gasteiger partial charge < -0.3 is 10.2 Å². The van der Waals surface area contributed by atoms with Crippen molar-refractivity contribution in [1.29, 1.82) is 5.26 Å². The maximum atomic E-state index is 13.6. The van der Waals surface area contributed by atoms with E-state index in [0.717, 1.165) is 18.2 Å². The number of nitrogens with zero attached hydrogens (tertiary/aromatic N) is 4. The second-order valence-electron chi connectivity index (χ2n) is 10.5. The molecule has 1 aromatic heterocycles. The zero-order valence-corrected chi connectivity index (χ0v) is 21.2. The Balaban J connectivity index is 1.77. The zero-order valence-electron chi connectivity index (χ0n) is 20.4. The van der Waals surface area contributed by atoms with Gasteiger partial charge in [0.25, 0.3) is 0 Å². The minimum atomic E-state index is -4.86. The van der Waals surface area contributed by atoms with Crippen molar-refractivity contribution in [2.45, 2.75) is 80.4 Å². The highest BCUT2D eigenvalue weighted by atomic mass is 32.2. The normalized spacial score (nSPS) is 21.8. The van der Waals surface area contributed by atoms with Crippen LogP contribution in [0.15, 0.2) is 35.2 Å². The fraction of sp³-hybridized carbons (Fsp3) is 0.542. The molecule has 0 unspecified atom stereocenters. The van der Waals surface area contributed by atoms with Gasteiger partial charge in [-0.3, -0.25) is 4.79 Å². The number of hydrogen-bond donors (Lipinski definition) is 1. The van der Waals surface area contributed by atoms with Crippen molar-refractivity contribution in [3.8, 4) is 6.07 Å². The van der Waals surface area contributed by atoms with Gasteiger partial charge in [0.15, 0.2) is 9.84 Å². The van der Waals surface area contributed by atoms with Crippen LogP contribution in [0.5, 0.6) is 0 Å². The van der Waals surface area contributed by atoms with E-state index in [1.54, 1.807) is 22.6 Å². The molecule has 1 saturated carbocycles. The Morgan fingerprint density at radius 1 is 1.22 bits per heavy atom. The Bertz CT molecular complexity index is 1330. The third kappa shape index (κ3) is 4.68. The van der Waals surface area contributed by atoms with E-state index >= 15 is 0 Å². The van der Waals surface area contributed by atoms with Crippen LogP contribution in [0, 0.1) is 18.3 Å². The number of aromatic nitrogens is 2. The van der Waals surface area contributed by atoms with Crippen molar-refractivity contribution < 1.29 is 26.4 Å². The Morgan fingerprint density at radius 3 is 2.42 bits per heavy atom. The molecule has 1 amide bonds. The molecule has 1 aliphatic heterocycles. The minimum absolute atomic E-state index is 0.201. The second kappa shape index (κ2) is 8.50. The predicted octanol–water partition coefficient (Wildman–Crippen LogP) is 3.56. The maximum absolute atomic E-state index is 13.6. The SMILES string of the molecule is Cc1cc(N2C[C@H](S(=O)(=O)c3ccccc3C(F)(F)F)C[C@H]2C(=O)NC2(C#N)CC2)n(C(C)(C)C)n1. The van der Waals surface area contributed by atoms with E-state index in [1.165, 1.54) is 6.07 Å². The highest BCUT2D eigenvalue weighted by Gasteiger charge is 2.51. The molecule has 2 aliphatic rings. The lowest BCUT2D eigenvalue weighted by Gasteiger charge is -2.31. The molecule has 1 saturated heterocycles. The summed E-state index contributed by atoms with van der Waals surface area (Å²) in [4.78, 5) is 14.1. The summed E-state index contributed by atoms with van der Waals surface area (Å²) in [6, 6.07) is 6.88. The first-order valence-corrected chi connectivity index (χ1v) is 13.1. The van der Waals surface area contributed by atoms with Crippen molar-refractivity contribution >= 4 is 21.6 Å². The molecule has 12 heteroatoms. The van der Waals surface area contributed by atoms with E-state index in [9.17, 15) is 31.6 Å². The van der Waals surface area contributed by atoms with Crippen molar-refractivity contribution in [3.05, 3.63) is 41.6 Å². The molecule has 1 aliphatic carbocycles. The molecule has 2 fully saturated rings. The predicted molar refractivity (Wildman–Crippen MR) is 126 cm³/mol. The van der Waals surface area contributed by atoms with Crippen LogP contribution in [0.1, 0.15) is 51.3 Å². The minimum Gasteiger partial charge on any atom is -0.343 e. The average Bonchev–Trinajstić information content (AvgIpc) is 3.21. The van der Waals surface area contributed by atoms with Crippen LogP contribution < -0.4 is 10.2 Å². The van der Waals surface area contributed by atoms with Crippen LogP contribution in [0.2, 0.25) is 0 Å². The Morgan fingerprint density at radius 2 is 1.86 bits per heavy atom. The zero-order chi connectivity index (χ0) is 26.7. The Kier molecular flexibility index (Phi) is 6.14. The number of nitrogens with one attached hydrogen (secondary N) is 1. The molecule has 194 valence electrons. The lowest BCUT2D eigenvalue weighted by atomic mass is 10.1. The van der Waals surface area contributed by atoms with Crippen LogP contribution in [-0.2, 0) is 26.3 Å². The van der Waals surface area contributed by atoms with E-state index in [0.29, 0.717) is 24.4 Å². The number of aryl methyl sites for hydroxylation is 1. The number of alkyl halides is 3. The van der Waals surface area contributed by atoms with Gasteiger partial charge in [-0.25, -0.2) is 13.1 Å². The summed E-state index contributed by atoms with van der Waals surface area (Å²) in [6.45, 7) is 7.26. The lowest BCUT2D eigenvalue weighted by Crippen LogP contribution is -2.48. The summed E-state index contributed by atoms with van der Waals surface area (Å²) < 4.78 is 69.7. The summed E-state index contributed by atoms with van der Waals surface area (Å²) in [5.74, 6) is -0.0427. The van der Waals surface area contributed by atoms with Gasteiger partial charge in [-0.1, -0.05) is 12.1 Å². The second-order valence-corrected chi connectivity index (χ2v) is 12.7. The van der Waals surface area contributed by atoms with Crippen LogP contribution in [0.25, 0.3) is 0 Å². The summed E-state index contributed by atoms with van der Waals surface area (Å²) in [7, 11) is -4.47. The van der Waals surface area contributed by atoms with Crippen LogP contribution in [0.3, 0.4) is 0 Å². The number of halogens is 3. The molecule has 36 heavy (non-hydrogen) atoms. The number of carbonyl (C=O) groups is 1. The molecule has 1 aromatic carbocycles. The Labute approximate surface area is 208 Å². The van der Waals surface area contributed by atoms with Gasteiger partial charge in [0.05, 0.1) is 33.0 Å². The fourth-order valence-electron chi connectivity index (χ4n) is 4.55. The first-order chi connectivity index (χ1) is 16.6. The number of nitriles is 1. The first-order valence-electron chi connectivity index (χ1n) is 11.6. The first kappa shape index (κ1) is 26.0. The third-order valence-electron chi connectivity index (χ3n) is 6.57. The maximum Gasteiger partial charge on any atom is 0.417 e. The largest absolute Gasteiger partial charge is 0.417 e. The highest BCUT2D eigenvalue weighted by Crippen LogP contribution is 2.40. The monoisotopic (exact) mass is 523 g/mol. The van der Waals surface area contributed by atoms with Gasteiger partial charge in [-0.2, -0.15) is 23.5 Å². The van der Waals surface area contributed by atoms with E-state index in [2.05, 4.69) is 16.5 Å². The number of hydrogen-bond acceptors (Lipinski definition) is 6. The fourth-order valence-corrected chi connectivity index (χ4v) is 6.46. The van der Waals surface area contributed by atoms with Crippen LogP contribution >= 0.6 is 0 Å². The van der Waals surface area contributed by atoms with Crippen molar-refractivity contribution in [2.75, 3.05) is 11.4 Å². The number of benzene rings is 1. The molecule has 1 N–H and O–H groups in total. The molecule has 2 heterocycles. The van der Waals surface area contributed by atoms with Gasteiger partial charge in [-0.05, 0) is 59.1 Å². The van der Waals surface area contributed by atoms with Gasteiger partial charge in [0.2, 0.25) is 5.91 Å². The molecule has 4 rings (SSSR count). The average molecular weight is 524 g/mol. The lowest BCUT2D eigenvalue weighted by molar-refractivity contribution is -0.139.